The van der Waals surface area contributed by atoms with E-state index in [2.05, 4.69) is 15.0 Å². The molecule has 2 aromatic heterocycles. The number of rotatable bonds is 2. The van der Waals surface area contributed by atoms with Gasteiger partial charge in [-0.05, 0) is 0 Å². The highest BCUT2D eigenvalue weighted by Gasteiger charge is 2.10. The molecule has 0 spiro atoms. The lowest BCUT2D eigenvalue weighted by Crippen LogP contribution is -1.95. The Morgan fingerprint density at radius 3 is 2.92 bits per heavy atom. The first-order valence-corrected chi connectivity index (χ1v) is 3.45. The predicted molar refractivity (Wildman–Crippen MR) is 41.0 cm³/mol. The van der Waals surface area contributed by atoms with Gasteiger partial charge in [0.05, 0.1) is 12.4 Å². The van der Waals surface area contributed by atoms with E-state index in [1.54, 1.807) is 0 Å². The predicted octanol–water partition coefficient (Wildman–Crippen LogP) is 0.763. The molecule has 0 bridgehead atoms. The number of carboxylic acid groups (broad SMARTS) is 1. The molecular formula is C7H5N3O3. The highest BCUT2D eigenvalue weighted by Crippen LogP contribution is 2.11. The van der Waals surface area contributed by atoms with Gasteiger partial charge in [-0.15, -0.1) is 0 Å². The second kappa shape index (κ2) is 2.74. The summed E-state index contributed by atoms with van der Waals surface area (Å²) < 4.78 is 4.91. The Morgan fingerprint density at radius 2 is 2.38 bits per heavy atom. The number of hydrogen-bond acceptors (Lipinski definition) is 4. The standard InChI is InChI=1S/C7H5N3O3/c11-7(12)4-3-9-5(10-4)6-8-1-2-13-6/h1-3H,(H,9,10)(H,11,12). The van der Waals surface area contributed by atoms with Crippen molar-refractivity contribution in [3.8, 4) is 11.7 Å². The van der Waals surface area contributed by atoms with Crippen molar-refractivity contribution < 1.29 is 14.3 Å². The number of carboxylic acids is 1. The smallest absolute Gasteiger partial charge is 0.353 e. The maximum Gasteiger partial charge on any atom is 0.353 e. The summed E-state index contributed by atoms with van der Waals surface area (Å²) in [5.74, 6) is -0.486. The number of carbonyl (C=O) groups is 1. The average molecular weight is 179 g/mol. The summed E-state index contributed by atoms with van der Waals surface area (Å²) in [6.07, 6.45) is 4.05. The summed E-state index contributed by atoms with van der Waals surface area (Å²) in [7, 11) is 0. The molecule has 0 saturated heterocycles. The minimum absolute atomic E-state index is 0.00759. The number of aromatic carboxylic acids is 1. The molecule has 2 N–H and O–H groups in total. The normalized spacial score (nSPS) is 10.2. The van der Waals surface area contributed by atoms with E-state index in [0.29, 0.717) is 5.82 Å². The van der Waals surface area contributed by atoms with Crippen molar-refractivity contribution in [2.75, 3.05) is 0 Å². The van der Waals surface area contributed by atoms with Crippen molar-refractivity contribution in [2.24, 2.45) is 0 Å². The van der Waals surface area contributed by atoms with Gasteiger partial charge in [-0.3, -0.25) is 0 Å². The highest BCUT2D eigenvalue weighted by atomic mass is 16.4. The van der Waals surface area contributed by atoms with Gasteiger partial charge in [-0.25, -0.2) is 14.8 Å². The summed E-state index contributed by atoms with van der Waals surface area (Å²) >= 11 is 0. The molecule has 0 aliphatic rings. The Bertz CT molecular complexity index is 418. The number of imidazole rings is 1. The fourth-order valence-electron chi connectivity index (χ4n) is 0.879. The molecule has 2 aromatic rings. The largest absolute Gasteiger partial charge is 0.477 e. The van der Waals surface area contributed by atoms with Crippen LogP contribution in [-0.4, -0.2) is 26.0 Å². The van der Waals surface area contributed by atoms with Crippen LogP contribution in [0.4, 0.5) is 0 Å². The van der Waals surface area contributed by atoms with Crippen LogP contribution >= 0.6 is 0 Å². The number of H-pyrrole nitrogens is 1. The number of hydrogen-bond donors (Lipinski definition) is 2. The molecule has 0 aromatic carbocycles. The zero-order chi connectivity index (χ0) is 9.26. The van der Waals surface area contributed by atoms with Gasteiger partial charge >= 0.3 is 5.97 Å². The highest BCUT2D eigenvalue weighted by molar-refractivity contribution is 5.85. The molecule has 2 heterocycles. The van der Waals surface area contributed by atoms with Crippen LogP contribution in [0.2, 0.25) is 0 Å². The molecule has 0 fully saturated rings. The van der Waals surface area contributed by atoms with Crippen LogP contribution in [0.3, 0.4) is 0 Å². The van der Waals surface area contributed by atoms with Crippen LogP contribution in [0.5, 0.6) is 0 Å². The number of oxazole rings is 1. The van der Waals surface area contributed by atoms with Gasteiger partial charge in [0.1, 0.15) is 12.0 Å². The van der Waals surface area contributed by atoms with Gasteiger partial charge in [0.2, 0.25) is 0 Å². The third-order valence-electron chi connectivity index (χ3n) is 1.44. The second-order valence-corrected chi connectivity index (χ2v) is 2.29. The topological polar surface area (TPSA) is 92.0 Å². The molecular weight excluding hydrogens is 174 g/mol. The van der Waals surface area contributed by atoms with E-state index in [-0.39, 0.29) is 11.6 Å². The third kappa shape index (κ3) is 1.28. The number of aromatic nitrogens is 3. The fourth-order valence-corrected chi connectivity index (χ4v) is 0.879. The lowest BCUT2D eigenvalue weighted by Gasteiger charge is -1.86. The van der Waals surface area contributed by atoms with Crippen LogP contribution in [0, 0.1) is 0 Å². The fraction of sp³-hybridized carbons (Fsp3) is 0. The van der Waals surface area contributed by atoms with Crippen molar-refractivity contribution in [1.29, 1.82) is 0 Å². The molecule has 2 rings (SSSR count). The van der Waals surface area contributed by atoms with Gasteiger partial charge in [-0.1, -0.05) is 0 Å². The van der Waals surface area contributed by atoms with Gasteiger partial charge in [0, 0.05) is 0 Å². The molecule has 0 unspecified atom stereocenters. The van der Waals surface area contributed by atoms with E-state index < -0.39 is 5.97 Å². The minimum Gasteiger partial charge on any atom is -0.477 e. The molecule has 0 amide bonds. The van der Waals surface area contributed by atoms with E-state index >= 15 is 0 Å². The summed E-state index contributed by atoms with van der Waals surface area (Å²) in [5, 5.41) is 8.57. The van der Waals surface area contributed by atoms with Crippen LogP contribution in [0.1, 0.15) is 10.5 Å². The maximum atomic E-state index is 10.5. The molecule has 6 heteroatoms. The monoisotopic (exact) mass is 179 g/mol. The molecule has 0 aliphatic carbocycles. The van der Waals surface area contributed by atoms with Crippen LogP contribution in [-0.2, 0) is 0 Å². The second-order valence-electron chi connectivity index (χ2n) is 2.29. The van der Waals surface area contributed by atoms with Gasteiger partial charge in [0.25, 0.3) is 5.89 Å². The quantitative estimate of drug-likeness (QED) is 0.710. The van der Waals surface area contributed by atoms with Crippen molar-refractivity contribution in [3.63, 3.8) is 0 Å². The van der Waals surface area contributed by atoms with E-state index in [9.17, 15) is 4.79 Å². The lowest BCUT2D eigenvalue weighted by molar-refractivity contribution is 0.0691. The third-order valence-corrected chi connectivity index (χ3v) is 1.44. The van der Waals surface area contributed by atoms with Crippen molar-refractivity contribution in [1.82, 2.24) is 15.0 Å². The molecule has 66 valence electrons. The van der Waals surface area contributed by atoms with Crippen LogP contribution in [0.25, 0.3) is 11.7 Å². The molecule has 13 heavy (non-hydrogen) atoms. The first-order chi connectivity index (χ1) is 6.27. The molecule has 0 saturated carbocycles. The van der Waals surface area contributed by atoms with Crippen molar-refractivity contribution in [2.45, 2.75) is 0 Å². The van der Waals surface area contributed by atoms with Crippen molar-refractivity contribution in [3.05, 3.63) is 24.4 Å². The summed E-state index contributed by atoms with van der Waals surface area (Å²) in [5.41, 5.74) is 0.00759. The Morgan fingerprint density at radius 1 is 1.54 bits per heavy atom. The number of aromatic amines is 1. The van der Waals surface area contributed by atoms with Gasteiger partial charge in [-0.2, -0.15) is 0 Å². The maximum absolute atomic E-state index is 10.5. The summed E-state index contributed by atoms with van der Waals surface area (Å²) in [6, 6.07) is 0. The van der Waals surface area contributed by atoms with E-state index in [0.717, 1.165) is 0 Å². The van der Waals surface area contributed by atoms with Gasteiger partial charge < -0.3 is 14.5 Å². The SMILES string of the molecule is O=C(O)c1cnc(-c2ncco2)[nH]1. The number of nitrogens with zero attached hydrogens (tertiary/aromatic N) is 2. The lowest BCUT2D eigenvalue weighted by atomic mass is 10.5. The molecule has 6 nitrogen and oxygen atoms in total. The molecule has 0 atom stereocenters. The minimum atomic E-state index is -1.06. The van der Waals surface area contributed by atoms with Crippen molar-refractivity contribution >= 4 is 5.97 Å². The van der Waals surface area contributed by atoms with Crippen LogP contribution < -0.4 is 0 Å². The Balaban J connectivity index is 2.39. The van der Waals surface area contributed by atoms with E-state index in [4.69, 9.17) is 9.52 Å². The first kappa shape index (κ1) is 7.53. The Kier molecular flexibility index (Phi) is 1.59. The average Bonchev–Trinajstić information content (AvgIpc) is 2.75. The van der Waals surface area contributed by atoms with Crippen LogP contribution in [0.15, 0.2) is 23.1 Å². The molecule has 0 radical (unpaired) electrons. The Hall–Kier alpha value is -2.11. The van der Waals surface area contributed by atoms with E-state index in [1.165, 1.54) is 18.7 Å². The summed E-state index contributed by atoms with van der Waals surface area (Å²) in [6.45, 7) is 0. The number of nitrogens with one attached hydrogen (secondary N) is 1. The van der Waals surface area contributed by atoms with Gasteiger partial charge in [0.15, 0.2) is 5.82 Å². The summed E-state index contributed by atoms with van der Waals surface area (Å²) in [4.78, 5) is 20.6. The van der Waals surface area contributed by atoms with E-state index in [1.807, 2.05) is 0 Å². The Labute approximate surface area is 72.3 Å². The zero-order valence-corrected chi connectivity index (χ0v) is 6.39. The zero-order valence-electron chi connectivity index (χ0n) is 6.39. The first-order valence-electron chi connectivity index (χ1n) is 3.45. The molecule has 0 aliphatic heterocycles.